The quantitative estimate of drug-likeness (QED) is 0.806. The number of carbonyl (C=O) groups excluding carboxylic acids is 1. The normalized spacial score (nSPS) is 12.8. The van der Waals surface area contributed by atoms with E-state index in [4.69, 9.17) is 15.9 Å². The van der Waals surface area contributed by atoms with Crippen LogP contribution in [0.1, 0.15) is 39.2 Å². The third-order valence-corrected chi connectivity index (χ3v) is 5.39. The maximum absolute atomic E-state index is 12.5. The number of fused-ring (bicyclic) bond motifs is 1. The van der Waals surface area contributed by atoms with Crippen molar-refractivity contribution in [3.8, 4) is 23.8 Å². The Kier molecular flexibility index (Phi) is 5.62. The molecule has 0 fully saturated rings. The highest BCUT2D eigenvalue weighted by Crippen LogP contribution is 2.30. The molecule has 5 heteroatoms. The molecular formula is C20H21NO3S. The summed E-state index contributed by atoms with van der Waals surface area (Å²) in [6.45, 7) is 0.604. The molecule has 4 nitrogen and oxygen atoms in total. The van der Waals surface area contributed by atoms with Crippen LogP contribution < -0.4 is 14.8 Å². The standard InChI is InChI=1S/C20H21NO3S/c1-3-10-24-18-11-14(8-9-17(18)23-2)12-21-20(22)16-13-25-19-7-5-4-6-15(16)19/h1,8-9,11,13H,4-7,10,12H2,2H3,(H,21,22). The summed E-state index contributed by atoms with van der Waals surface area (Å²) in [6.07, 6.45) is 9.74. The lowest BCUT2D eigenvalue weighted by molar-refractivity contribution is 0.0950. The van der Waals surface area contributed by atoms with E-state index in [2.05, 4.69) is 11.2 Å². The van der Waals surface area contributed by atoms with Crippen LogP contribution >= 0.6 is 11.3 Å². The van der Waals surface area contributed by atoms with Crippen LogP contribution in [0.2, 0.25) is 0 Å². The largest absolute Gasteiger partial charge is 0.493 e. The Bertz CT molecular complexity index is 804. The van der Waals surface area contributed by atoms with Crippen LogP contribution in [0.15, 0.2) is 23.6 Å². The number of carbonyl (C=O) groups is 1. The van der Waals surface area contributed by atoms with E-state index in [1.807, 2.05) is 23.6 Å². The van der Waals surface area contributed by atoms with Crippen LogP contribution in [0.4, 0.5) is 0 Å². The van der Waals surface area contributed by atoms with Gasteiger partial charge in [-0.1, -0.05) is 12.0 Å². The van der Waals surface area contributed by atoms with Gasteiger partial charge >= 0.3 is 0 Å². The lowest BCUT2D eigenvalue weighted by atomic mass is 9.95. The molecule has 130 valence electrons. The first-order valence-electron chi connectivity index (χ1n) is 8.33. The number of aryl methyl sites for hydroxylation is 1. The van der Waals surface area contributed by atoms with Gasteiger partial charge in [0.1, 0.15) is 6.61 Å². The lowest BCUT2D eigenvalue weighted by Crippen LogP contribution is -2.23. The zero-order valence-corrected chi connectivity index (χ0v) is 15.1. The molecule has 1 aromatic heterocycles. The van der Waals surface area contributed by atoms with Gasteiger partial charge < -0.3 is 14.8 Å². The molecule has 0 unspecified atom stereocenters. The predicted molar refractivity (Wildman–Crippen MR) is 99.5 cm³/mol. The minimum Gasteiger partial charge on any atom is -0.493 e. The van der Waals surface area contributed by atoms with E-state index in [-0.39, 0.29) is 12.5 Å². The molecule has 1 N–H and O–H groups in total. The molecule has 25 heavy (non-hydrogen) atoms. The molecule has 1 heterocycles. The van der Waals surface area contributed by atoms with Gasteiger partial charge in [-0.25, -0.2) is 0 Å². The predicted octanol–water partition coefficient (Wildman–Crippen LogP) is 3.58. The minimum atomic E-state index is -0.0127. The summed E-state index contributed by atoms with van der Waals surface area (Å²) in [6, 6.07) is 5.57. The monoisotopic (exact) mass is 355 g/mol. The lowest BCUT2D eigenvalue weighted by Gasteiger charge is -2.13. The first-order valence-corrected chi connectivity index (χ1v) is 9.21. The Labute approximate surface area is 152 Å². The van der Waals surface area contributed by atoms with Crippen molar-refractivity contribution in [2.24, 2.45) is 0 Å². The molecule has 1 aliphatic carbocycles. The molecule has 0 spiro atoms. The van der Waals surface area contributed by atoms with Crippen LogP contribution in [-0.2, 0) is 19.4 Å². The van der Waals surface area contributed by atoms with E-state index in [0.29, 0.717) is 18.0 Å². The van der Waals surface area contributed by atoms with Crippen molar-refractivity contribution in [3.05, 3.63) is 45.1 Å². The average molecular weight is 355 g/mol. The summed E-state index contributed by atoms with van der Waals surface area (Å²) in [7, 11) is 1.58. The number of hydrogen-bond donors (Lipinski definition) is 1. The molecule has 1 aliphatic rings. The topological polar surface area (TPSA) is 47.6 Å². The number of nitrogens with one attached hydrogen (secondary N) is 1. The van der Waals surface area contributed by atoms with Gasteiger partial charge in [-0.05, 0) is 48.9 Å². The fourth-order valence-electron chi connectivity index (χ4n) is 3.03. The van der Waals surface area contributed by atoms with Crippen LogP contribution in [0.5, 0.6) is 11.5 Å². The van der Waals surface area contributed by atoms with E-state index in [1.54, 1.807) is 18.4 Å². The summed E-state index contributed by atoms with van der Waals surface area (Å²) < 4.78 is 10.8. The number of amides is 1. The van der Waals surface area contributed by atoms with Crippen molar-refractivity contribution in [2.45, 2.75) is 32.2 Å². The van der Waals surface area contributed by atoms with Crippen LogP contribution in [-0.4, -0.2) is 19.6 Å². The highest BCUT2D eigenvalue weighted by atomic mass is 32.1. The molecule has 1 amide bonds. The van der Waals surface area contributed by atoms with Crippen LogP contribution in [0, 0.1) is 12.3 Å². The molecule has 0 bridgehead atoms. The zero-order chi connectivity index (χ0) is 17.6. The summed E-state index contributed by atoms with van der Waals surface area (Å²) in [5, 5.41) is 4.99. The highest BCUT2D eigenvalue weighted by Gasteiger charge is 2.20. The molecule has 1 aromatic carbocycles. The van der Waals surface area contributed by atoms with E-state index < -0.39 is 0 Å². The molecule has 2 aromatic rings. The van der Waals surface area contributed by atoms with Gasteiger partial charge in [0.25, 0.3) is 5.91 Å². The SMILES string of the molecule is C#CCOc1cc(CNC(=O)c2csc3c2CCCC3)ccc1OC. The van der Waals surface area contributed by atoms with Crippen molar-refractivity contribution < 1.29 is 14.3 Å². The Hall–Kier alpha value is -2.45. The Balaban J connectivity index is 1.68. The number of ether oxygens (including phenoxy) is 2. The number of hydrogen-bond acceptors (Lipinski definition) is 4. The maximum atomic E-state index is 12.5. The summed E-state index contributed by atoms with van der Waals surface area (Å²) in [4.78, 5) is 13.9. The summed E-state index contributed by atoms with van der Waals surface area (Å²) >= 11 is 1.70. The van der Waals surface area contributed by atoms with E-state index in [0.717, 1.165) is 24.0 Å². The Morgan fingerprint density at radius 1 is 1.32 bits per heavy atom. The average Bonchev–Trinajstić information content (AvgIpc) is 3.08. The van der Waals surface area contributed by atoms with Crippen LogP contribution in [0.25, 0.3) is 0 Å². The smallest absolute Gasteiger partial charge is 0.252 e. The number of thiophene rings is 1. The molecule has 0 saturated heterocycles. The first kappa shape index (κ1) is 17.4. The third-order valence-electron chi connectivity index (χ3n) is 4.30. The maximum Gasteiger partial charge on any atom is 0.252 e. The second-order valence-electron chi connectivity index (χ2n) is 5.92. The van der Waals surface area contributed by atoms with Crippen LogP contribution in [0.3, 0.4) is 0 Å². The molecule has 0 atom stereocenters. The van der Waals surface area contributed by atoms with Gasteiger partial charge in [0, 0.05) is 16.8 Å². The zero-order valence-electron chi connectivity index (χ0n) is 14.3. The fraction of sp³-hybridized carbons (Fsp3) is 0.350. The van der Waals surface area contributed by atoms with E-state index in [1.165, 1.54) is 23.3 Å². The number of rotatable bonds is 6. The Morgan fingerprint density at radius 2 is 2.16 bits per heavy atom. The molecular weight excluding hydrogens is 334 g/mol. The van der Waals surface area contributed by atoms with E-state index >= 15 is 0 Å². The van der Waals surface area contributed by atoms with Gasteiger partial charge in [0.15, 0.2) is 11.5 Å². The number of benzene rings is 1. The molecule has 3 rings (SSSR count). The van der Waals surface area contributed by atoms with Gasteiger partial charge in [0.05, 0.1) is 12.7 Å². The number of methoxy groups -OCH3 is 1. The van der Waals surface area contributed by atoms with Crippen molar-refractivity contribution in [1.29, 1.82) is 0 Å². The van der Waals surface area contributed by atoms with Gasteiger partial charge in [-0.2, -0.15) is 0 Å². The van der Waals surface area contributed by atoms with Crippen molar-refractivity contribution in [3.63, 3.8) is 0 Å². The summed E-state index contributed by atoms with van der Waals surface area (Å²) in [5.74, 6) is 3.63. The minimum absolute atomic E-state index is 0.0127. The second-order valence-corrected chi connectivity index (χ2v) is 6.88. The van der Waals surface area contributed by atoms with E-state index in [9.17, 15) is 4.79 Å². The third kappa shape index (κ3) is 3.97. The molecule has 0 radical (unpaired) electrons. The second kappa shape index (κ2) is 8.09. The molecule has 0 aliphatic heterocycles. The van der Waals surface area contributed by atoms with Crippen molar-refractivity contribution in [1.82, 2.24) is 5.32 Å². The Morgan fingerprint density at radius 3 is 2.96 bits per heavy atom. The fourth-order valence-corrected chi connectivity index (χ4v) is 4.15. The molecule has 0 saturated carbocycles. The van der Waals surface area contributed by atoms with Gasteiger partial charge in [0.2, 0.25) is 0 Å². The highest BCUT2D eigenvalue weighted by molar-refractivity contribution is 7.10. The van der Waals surface area contributed by atoms with Gasteiger partial charge in [-0.15, -0.1) is 17.8 Å². The number of terminal acetylenes is 1. The summed E-state index contributed by atoms with van der Waals surface area (Å²) in [5.41, 5.74) is 3.00. The van der Waals surface area contributed by atoms with Gasteiger partial charge in [-0.3, -0.25) is 4.79 Å². The first-order chi connectivity index (χ1) is 12.2. The van der Waals surface area contributed by atoms with Crippen molar-refractivity contribution in [2.75, 3.05) is 13.7 Å². The van der Waals surface area contributed by atoms with Crippen molar-refractivity contribution >= 4 is 17.2 Å².